The van der Waals surface area contributed by atoms with Gasteiger partial charge in [0.25, 0.3) is 0 Å². The predicted molar refractivity (Wildman–Crippen MR) is 134 cm³/mol. The number of carboxylic acid groups (broad SMARTS) is 1. The van der Waals surface area contributed by atoms with Crippen LogP contribution >= 0.6 is 0 Å². The van der Waals surface area contributed by atoms with Gasteiger partial charge in [-0.15, -0.1) is 0 Å². The summed E-state index contributed by atoms with van der Waals surface area (Å²) in [5.41, 5.74) is 2.47. The van der Waals surface area contributed by atoms with Crippen molar-refractivity contribution >= 4 is 25.2 Å². The van der Waals surface area contributed by atoms with Gasteiger partial charge in [-0.05, 0) is 72.8 Å². The number of H-pyrrole nitrogens is 1. The van der Waals surface area contributed by atoms with Crippen molar-refractivity contribution < 1.29 is 19.4 Å². The number of aromatic nitrogens is 1. The Morgan fingerprint density at radius 1 is 1.06 bits per heavy atom. The zero-order chi connectivity index (χ0) is 24.4. The fraction of sp³-hybridized carbons (Fsp3) is 0.385. The molecule has 176 valence electrons. The molecule has 3 aromatic rings. The van der Waals surface area contributed by atoms with E-state index in [1.807, 2.05) is 18.2 Å². The summed E-state index contributed by atoms with van der Waals surface area (Å²) >= 11 is 0. The van der Waals surface area contributed by atoms with Crippen LogP contribution < -0.4 is 5.56 Å². The molecule has 0 amide bonds. The van der Waals surface area contributed by atoms with E-state index in [2.05, 4.69) is 38.8 Å². The van der Waals surface area contributed by atoms with Crippen LogP contribution in [0.3, 0.4) is 0 Å². The highest BCUT2D eigenvalue weighted by Gasteiger charge is 2.39. The van der Waals surface area contributed by atoms with E-state index in [1.54, 1.807) is 24.3 Å². The van der Waals surface area contributed by atoms with Crippen LogP contribution in [-0.2, 0) is 10.8 Å². The maximum atomic E-state index is 11.8. The van der Waals surface area contributed by atoms with Crippen LogP contribution in [0, 0.1) is 0 Å². The van der Waals surface area contributed by atoms with E-state index in [-0.39, 0.29) is 28.0 Å². The molecule has 7 heteroatoms. The minimum Gasteiger partial charge on any atom is -0.506 e. The maximum absolute atomic E-state index is 11.8. The van der Waals surface area contributed by atoms with Crippen LogP contribution in [0.15, 0.2) is 53.3 Å². The third-order valence-electron chi connectivity index (χ3n) is 6.63. The topological polar surface area (TPSA) is 99.6 Å². The van der Waals surface area contributed by atoms with E-state index in [0.29, 0.717) is 5.52 Å². The SMILES string of the molecule is CC(C)(C)[Si](C)(C)O[C@@H](CCCc1ccc(C(=O)O)cc1)c1ccc(O)c2[nH]c(=O)ccc12. The van der Waals surface area contributed by atoms with E-state index in [4.69, 9.17) is 9.53 Å². The Morgan fingerprint density at radius 2 is 1.73 bits per heavy atom. The normalized spacial score (nSPS) is 13.2. The van der Waals surface area contributed by atoms with Gasteiger partial charge < -0.3 is 19.6 Å². The molecule has 6 nitrogen and oxygen atoms in total. The van der Waals surface area contributed by atoms with E-state index in [0.717, 1.165) is 35.8 Å². The molecule has 1 heterocycles. The summed E-state index contributed by atoms with van der Waals surface area (Å²) < 4.78 is 6.84. The van der Waals surface area contributed by atoms with E-state index in [1.165, 1.54) is 6.07 Å². The molecule has 0 aliphatic rings. The minimum absolute atomic E-state index is 0.0267. The Morgan fingerprint density at radius 3 is 2.33 bits per heavy atom. The molecule has 0 fully saturated rings. The van der Waals surface area contributed by atoms with Crippen LogP contribution in [0.25, 0.3) is 10.9 Å². The second-order valence-electron chi connectivity index (χ2n) is 10.0. The maximum Gasteiger partial charge on any atom is 0.335 e. The highest BCUT2D eigenvalue weighted by Crippen LogP contribution is 2.42. The van der Waals surface area contributed by atoms with Gasteiger partial charge in [0.2, 0.25) is 5.56 Å². The number of carboxylic acids is 1. The fourth-order valence-corrected chi connectivity index (χ4v) is 4.97. The second kappa shape index (κ2) is 9.53. The van der Waals surface area contributed by atoms with Crippen molar-refractivity contribution in [3.63, 3.8) is 0 Å². The molecule has 0 spiro atoms. The monoisotopic (exact) mass is 467 g/mol. The molecule has 0 radical (unpaired) electrons. The largest absolute Gasteiger partial charge is 0.506 e. The van der Waals surface area contributed by atoms with Crippen molar-refractivity contribution in [2.75, 3.05) is 0 Å². The molecule has 0 saturated heterocycles. The first-order valence-electron chi connectivity index (χ1n) is 11.2. The number of nitrogens with one attached hydrogen (secondary N) is 1. The summed E-state index contributed by atoms with van der Waals surface area (Å²) in [4.78, 5) is 25.7. The highest BCUT2D eigenvalue weighted by molar-refractivity contribution is 6.74. The van der Waals surface area contributed by atoms with Gasteiger partial charge in [0.15, 0.2) is 8.32 Å². The lowest BCUT2D eigenvalue weighted by Crippen LogP contribution is -2.41. The number of benzene rings is 2. The zero-order valence-electron chi connectivity index (χ0n) is 19.9. The number of hydrogen-bond donors (Lipinski definition) is 3. The third-order valence-corrected chi connectivity index (χ3v) is 11.1. The molecule has 2 aromatic carbocycles. The number of phenols is 1. The first-order valence-corrected chi connectivity index (χ1v) is 14.1. The van der Waals surface area contributed by atoms with Crippen LogP contribution in [0.4, 0.5) is 0 Å². The van der Waals surface area contributed by atoms with Crippen molar-refractivity contribution in [3.05, 3.63) is 75.6 Å². The van der Waals surface area contributed by atoms with Crippen LogP contribution in [-0.4, -0.2) is 29.5 Å². The van der Waals surface area contributed by atoms with Gasteiger partial charge >= 0.3 is 5.97 Å². The summed E-state index contributed by atoms with van der Waals surface area (Å²) in [6.07, 6.45) is 2.20. The second-order valence-corrected chi connectivity index (χ2v) is 14.8. The molecule has 0 aliphatic heterocycles. The average molecular weight is 468 g/mol. The molecule has 33 heavy (non-hydrogen) atoms. The molecular weight excluding hydrogens is 434 g/mol. The van der Waals surface area contributed by atoms with E-state index >= 15 is 0 Å². The van der Waals surface area contributed by atoms with Gasteiger partial charge in [-0.2, -0.15) is 0 Å². The Balaban J connectivity index is 1.90. The molecule has 0 bridgehead atoms. The molecule has 3 N–H and O–H groups in total. The van der Waals surface area contributed by atoms with Gasteiger partial charge in [0.1, 0.15) is 5.75 Å². The Hall–Kier alpha value is -2.90. The predicted octanol–water partition coefficient (Wildman–Crippen LogP) is 6.02. The van der Waals surface area contributed by atoms with Crippen LogP contribution in [0.5, 0.6) is 5.75 Å². The molecule has 1 atom stereocenters. The van der Waals surface area contributed by atoms with Crippen molar-refractivity contribution in [1.29, 1.82) is 0 Å². The average Bonchev–Trinajstić information content (AvgIpc) is 2.73. The third kappa shape index (κ3) is 5.72. The zero-order valence-corrected chi connectivity index (χ0v) is 20.9. The summed E-state index contributed by atoms with van der Waals surface area (Å²) in [5.74, 6) is -0.891. The summed E-state index contributed by atoms with van der Waals surface area (Å²) in [7, 11) is -2.11. The molecular formula is C26H33NO5Si. The van der Waals surface area contributed by atoms with Crippen LogP contribution in [0.1, 0.15) is 61.2 Å². The minimum atomic E-state index is -2.11. The summed E-state index contributed by atoms with van der Waals surface area (Å²) in [6, 6.07) is 13.7. The Labute approximate surface area is 195 Å². The van der Waals surface area contributed by atoms with Gasteiger partial charge in [-0.1, -0.05) is 39.0 Å². The quantitative estimate of drug-likeness (QED) is 0.352. The van der Waals surface area contributed by atoms with Gasteiger partial charge in [-0.3, -0.25) is 4.79 Å². The first-order chi connectivity index (χ1) is 15.4. The number of phenolic OH excluding ortho intramolecular Hbond substituents is 1. The van der Waals surface area contributed by atoms with Gasteiger partial charge in [-0.25, -0.2) is 4.79 Å². The van der Waals surface area contributed by atoms with Gasteiger partial charge in [0, 0.05) is 11.5 Å². The number of aromatic amines is 1. The highest BCUT2D eigenvalue weighted by atomic mass is 28.4. The molecule has 0 saturated carbocycles. The summed E-state index contributed by atoms with van der Waals surface area (Å²) in [6.45, 7) is 11.0. The number of aryl methyl sites for hydroxylation is 1. The number of rotatable bonds is 8. The number of pyridine rings is 1. The van der Waals surface area contributed by atoms with Gasteiger partial charge in [0.05, 0.1) is 17.2 Å². The van der Waals surface area contributed by atoms with E-state index in [9.17, 15) is 14.7 Å². The van der Waals surface area contributed by atoms with Crippen molar-refractivity contribution in [2.24, 2.45) is 0 Å². The smallest absolute Gasteiger partial charge is 0.335 e. The van der Waals surface area contributed by atoms with E-state index < -0.39 is 14.3 Å². The standard InChI is InChI=1S/C26H33NO5Si/c1-26(2,3)33(4,5)32-22(8-6-7-17-9-11-18(12-10-17)25(30)31)19-13-15-21(28)24-20(19)14-16-23(29)27-24/h9-16,22,28H,6-8H2,1-5H3,(H,27,29)(H,30,31)/t22-/m0/s1. The number of aromatic carboxylic acids is 1. The Kier molecular flexibility index (Phi) is 7.14. The van der Waals surface area contributed by atoms with Crippen molar-refractivity contribution in [2.45, 2.75) is 64.3 Å². The molecule has 0 aliphatic carbocycles. The summed E-state index contributed by atoms with van der Waals surface area (Å²) in [5, 5.41) is 20.2. The number of hydrogen-bond acceptors (Lipinski definition) is 4. The molecule has 3 rings (SSSR count). The lowest BCUT2D eigenvalue weighted by Gasteiger charge is -2.39. The number of aromatic hydroxyl groups is 1. The first kappa shape index (κ1) is 24.7. The number of carbonyl (C=O) groups is 1. The Bertz CT molecular complexity index is 1190. The number of fused-ring (bicyclic) bond motifs is 1. The van der Waals surface area contributed by atoms with Crippen LogP contribution in [0.2, 0.25) is 18.1 Å². The lowest BCUT2D eigenvalue weighted by atomic mass is 9.97. The van der Waals surface area contributed by atoms with Crippen molar-refractivity contribution in [3.8, 4) is 5.75 Å². The molecule has 1 aromatic heterocycles. The fourth-order valence-electron chi connectivity index (χ4n) is 3.66. The lowest BCUT2D eigenvalue weighted by molar-refractivity contribution is 0.0697. The van der Waals surface area contributed by atoms with Crippen molar-refractivity contribution in [1.82, 2.24) is 4.98 Å². The molecule has 0 unspecified atom stereocenters.